The monoisotopic (exact) mass is 465 g/mol. The van der Waals surface area contributed by atoms with E-state index in [-0.39, 0.29) is 30.1 Å². The second-order valence-electron chi connectivity index (χ2n) is 7.74. The first-order chi connectivity index (χ1) is 15.1. The number of halogens is 2. The second kappa shape index (κ2) is 8.23. The molecule has 2 aromatic carbocycles. The van der Waals surface area contributed by atoms with Crippen LogP contribution in [0.4, 0.5) is 13.6 Å². The predicted molar refractivity (Wildman–Crippen MR) is 109 cm³/mol. The fourth-order valence-corrected chi connectivity index (χ4v) is 5.25. The minimum atomic E-state index is -3.75. The minimum absolute atomic E-state index is 0.0484. The number of carbonyl (C=O) groups excluding carboxylic acids is 2. The lowest BCUT2D eigenvalue weighted by atomic mass is 9.92. The van der Waals surface area contributed by atoms with Gasteiger partial charge < -0.3 is 10.1 Å². The third-order valence-electron chi connectivity index (χ3n) is 5.62. The van der Waals surface area contributed by atoms with E-state index >= 15 is 0 Å². The van der Waals surface area contributed by atoms with Crippen LogP contribution in [0.25, 0.3) is 0 Å². The van der Waals surface area contributed by atoms with E-state index in [2.05, 4.69) is 5.32 Å². The summed E-state index contributed by atoms with van der Waals surface area (Å²) in [6.45, 7) is 2.32. The number of urea groups is 1. The van der Waals surface area contributed by atoms with Crippen molar-refractivity contribution in [1.29, 1.82) is 0 Å². The maximum Gasteiger partial charge on any atom is 0.325 e. The summed E-state index contributed by atoms with van der Waals surface area (Å²) in [6.07, 6.45) is 0. The lowest BCUT2D eigenvalue weighted by molar-refractivity contribution is -0.131. The zero-order chi connectivity index (χ0) is 23.1. The summed E-state index contributed by atoms with van der Waals surface area (Å²) >= 11 is 0. The number of nitrogens with one attached hydrogen (secondary N) is 1. The molecule has 2 fully saturated rings. The molecule has 0 spiro atoms. The van der Waals surface area contributed by atoms with Gasteiger partial charge in [0.2, 0.25) is 10.0 Å². The Hall–Kier alpha value is -2.89. The molecule has 2 heterocycles. The summed E-state index contributed by atoms with van der Waals surface area (Å²) in [7, 11) is -3.75. The largest absolute Gasteiger partial charge is 0.379 e. The molecule has 3 amide bonds. The number of amides is 3. The van der Waals surface area contributed by atoms with E-state index in [1.54, 1.807) is 6.07 Å². The van der Waals surface area contributed by atoms with E-state index in [4.69, 9.17) is 4.74 Å². The number of morpholine rings is 1. The fraction of sp³-hybridized carbons (Fsp3) is 0.333. The van der Waals surface area contributed by atoms with E-state index in [1.165, 1.54) is 35.5 Å². The zero-order valence-corrected chi connectivity index (χ0v) is 18.0. The molecule has 4 rings (SSSR count). The molecule has 0 saturated carbocycles. The Balaban J connectivity index is 1.58. The molecule has 32 heavy (non-hydrogen) atoms. The molecule has 2 aliphatic heterocycles. The number of imide groups is 1. The van der Waals surface area contributed by atoms with Crippen LogP contribution in [0.3, 0.4) is 0 Å². The molecule has 0 radical (unpaired) electrons. The average Bonchev–Trinajstić information content (AvgIpc) is 3.00. The zero-order valence-electron chi connectivity index (χ0n) is 17.2. The SMILES string of the molecule is CC1(c2ccc(F)c(F)c2)NC(=O)N(Cc2cccc(S(=O)(=O)N3CCOCC3)c2)C1=O. The number of hydrogen-bond donors (Lipinski definition) is 1. The van der Waals surface area contributed by atoms with E-state index in [0.29, 0.717) is 18.8 Å². The Labute approximate surface area is 183 Å². The van der Waals surface area contributed by atoms with Crippen LogP contribution in [0.5, 0.6) is 0 Å². The third kappa shape index (κ3) is 3.87. The van der Waals surface area contributed by atoms with Gasteiger partial charge in [-0.1, -0.05) is 18.2 Å². The molecule has 1 N–H and O–H groups in total. The van der Waals surface area contributed by atoms with Gasteiger partial charge in [-0.15, -0.1) is 0 Å². The molecular weight excluding hydrogens is 444 g/mol. The van der Waals surface area contributed by atoms with Crippen LogP contribution >= 0.6 is 0 Å². The van der Waals surface area contributed by atoms with Crippen molar-refractivity contribution in [3.8, 4) is 0 Å². The number of hydrogen-bond acceptors (Lipinski definition) is 5. The van der Waals surface area contributed by atoms with Crippen LogP contribution < -0.4 is 5.32 Å². The van der Waals surface area contributed by atoms with Crippen LogP contribution in [0.2, 0.25) is 0 Å². The van der Waals surface area contributed by atoms with Crippen molar-refractivity contribution < 1.29 is 31.5 Å². The Kier molecular flexibility index (Phi) is 5.74. The van der Waals surface area contributed by atoms with Gasteiger partial charge in [-0.05, 0) is 42.3 Å². The summed E-state index contributed by atoms with van der Waals surface area (Å²) in [5.74, 6) is -2.86. The lowest BCUT2D eigenvalue weighted by Crippen LogP contribution is -2.41. The second-order valence-corrected chi connectivity index (χ2v) is 9.68. The van der Waals surface area contributed by atoms with E-state index in [1.807, 2.05) is 0 Å². The molecule has 8 nitrogen and oxygen atoms in total. The van der Waals surface area contributed by atoms with Gasteiger partial charge in [0.1, 0.15) is 5.54 Å². The van der Waals surface area contributed by atoms with Crippen molar-refractivity contribution >= 4 is 22.0 Å². The van der Waals surface area contributed by atoms with Crippen LogP contribution in [0.15, 0.2) is 47.4 Å². The highest BCUT2D eigenvalue weighted by Gasteiger charge is 2.49. The van der Waals surface area contributed by atoms with Gasteiger partial charge in [0.15, 0.2) is 11.6 Å². The van der Waals surface area contributed by atoms with Gasteiger partial charge in [0.05, 0.1) is 24.7 Å². The van der Waals surface area contributed by atoms with Crippen molar-refractivity contribution in [2.24, 2.45) is 0 Å². The smallest absolute Gasteiger partial charge is 0.325 e. The molecule has 0 bridgehead atoms. The molecule has 0 aromatic heterocycles. The van der Waals surface area contributed by atoms with E-state index in [0.717, 1.165) is 17.0 Å². The van der Waals surface area contributed by atoms with Crippen molar-refractivity contribution in [2.75, 3.05) is 26.3 Å². The highest BCUT2D eigenvalue weighted by atomic mass is 32.2. The summed E-state index contributed by atoms with van der Waals surface area (Å²) in [6, 6.07) is 8.27. The van der Waals surface area contributed by atoms with Gasteiger partial charge >= 0.3 is 6.03 Å². The fourth-order valence-electron chi connectivity index (χ4n) is 3.77. The van der Waals surface area contributed by atoms with Crippen LogP contribution in [-0.4, -0.2) is 55.9 Å². The normalized spacial score (nSPS) is 22.3. The number of rotatable bonds is 5. The molecule has 1 atom stereocenters. The van der Waals surface area contributed by atoms with E-state index in [9.17, 15) is 26.8 Å². The molecule has 2 aromatic rings. The number of carbonyl (C=O) groups is 2. The molecule has 2 aliphatic rings. The summed E-state index contributed by atoms with van der Waals surface area (Å²) in [5.41, 5.74) is -1.05. The average molecular weight is 465 g/mol. The molecule has 1 unspecified atom stereocenters. The number of sulfonamides is 1. The van der Waals surface area contributed by atoms with Crippen molar-refractivity contribution in [3.05, 3.63) is 65.2 Å². The quantitative estimate of drug-likeness (QED) is 0.681. The first-order valence-electron chi connectivity index (χ1n) is 9.89. The topological polar surface area (TPSA) is 96.0 Å². The minimum Gasteiger partial charge on any atom is -0.379 e. The Morgan fingerprint density at radius 1 is 1.06 bits per heavy atom. The maximum absolute atomic E-state index is 13.7. The lowest BCUT2D eigenvalue weighted by Gasteiger charge is -2.26. The standard InChI is InChI=1S/C21H21F2N3O5S/c1-21(15-5-6-17(22)18(23)12-15)19(27)26(20(28)24-21)13-14-3-2-4-16(11-14)32(29,30)25-7-9-31-10-8-25/h2-6,11-12H,7-10,13H2,1H3,(H,24,28). The number of nitrogens with zero attached hydrogens (tertiary/aromatic N) is 2. The van der Waals surface area contributed by atoms with Crippen LogP contribution in [0.1, 0.15) is 18.1 Å². The molecular formula is C21H21F2N3O5S. The van der Waals surface area contributed by atoms with Gasteiger partial charge in [-0.3, -0.25) is 9.69 Å². The Morgan fingerprint density at radius 2 is 1.78 bits per heavy atom. The molecule has 170 valence electrons. The molecule has 11 heteroatoms. The Bertz CT molecular complexity index is 1180. The van der Waals surface area contributed by atoms with Crippen LogP contribution in [0, 0.1) is 11.6 Å². The first kappa shape index (κ1) is 22.3. The number of benzene rings is 2. The summed E-state index contributed by atoms with van der Waals surface area (Å²) in [4.78, 5) is 26.6. The summed E-state index contributed by atoms with van der Waals surface area (Å²) in [5, 5.41) is 2.52. The highest BCUT2D eigenvalue weighted by molar-refractivity contribution is 7.89. The predicted octanol–water partition coefficient (Wildman–Crippen LogP) is 1.95. The first-order valence-corrected chi connectivity index (χ1v) is 11.3. The molecule has 0 aliphatic carbocycles. The van der Waals surface area contributed by atoms with Crippen molar-refractivity contribution in [3.63, 3.8) is 0 Å². The van der Waals surface area contributed by atoms with Crippen LogP contribution in [-0.2, 0) is 31.6 Å². The van der Waals surface area contributed by atoms with Gasteiger partial charge in [0.25, 0.3) is 5.91 Å². The third-order valence-corrected chi connectivity index (χ3v) is 7.51. The Morgan fingerprint density at radius 3 is 2.47 bits per heavy atom. The van der Waals surface area contributed by atoms with Crippen molar-refractivity contribution in [2.45, 2.75) is 23.9 Å². The van der Waals surface area contributed by atoms with Crippen molar-refractivity contribution in [1.82, 2.24) is 14.5 Å². The maximum atomic E-state index is 13.7. The highest BCUT2D eigenvalue weighted by Crippen LogP contribution is 2.31. The number of ether oxygens (including phenoxy) is 1. The van der Waals surface area contributed by atoms with Gasteiger partial charge in [0, 0.05) is 13.1 Å². The van der Waals surface area contributed by atoms with E-state index < -0.39 is 39.1 Å². The van der Waals surface area contributed by atoms with Gasteiger partial charge in [-0.25, -0.2) is 22.0 Å². The van der Waals surface area contributed by atoms with Gasteiger partial charge in [-0.2, -0.15) is 4.31 Å². The summed E-state index contributed by atoms with van der Waals surface area (Å²) < 4.78 is 59.3. The molecule has 2 saturated heterocycles.